The third-order valence-corrected chi connectivity index (χ3v) is 2.80. The van der Waals surface area contributed by atoms with Crippen LogP contribution < -0.4 is 10.6 Å². The Kier molecular flexibility index (Phi) is 16.7. The average Bonchev–Trinajstić information content (AvgIpc) is 2.43. The molecule has 0 rings (SSSR count). The van der Waals surface area contributed by atoms with Crippen LogP contribution in [0.3, 0.4) is 0 Å². The van der Waals surface area contributed by atoms with Crippen molar-refractivity contribution in [2.24, 2.45) is 5.92 Å². The van der Waals surface area contributed by atoms with E-state index in [0.717, 1.165) is 38.8 Å². The van der Waals surface area contributed by atoms with E-state index in [9.17, 15) is 0 Å². The molecule has 0 saturated carbocycles. The maximum Gasteiger partial charge on any atom is 0.0701 e. The largest absolute Gasteiger partial charge is 0.378 e. The minimum atomic E-state index is 0.639. The summed E-state index contributed by atoms with van der Waals surface area (Å²) in [4.78, 5) is 0. The predicted octanol–water partition coefficient (Wildman–Crippen LogP) is 1.28. The highest BCUT2D eigenvalue weighted by molar-refractivity contribution is 4.50. The molecule has 0 saturated heterocycles. The van der Waals surface area contributed by atoms with Gasteiger partial charge in [-0.25, -0.2) is 0 Å². The highest BCUT2D eigenvalue weighted by Crippen LogP contribution is 2.01. The zero-order valence-corrected chi connectivity index (χ0v) is 13.6. The number of rotatable bonds is 16. The first-order valence-corrected chi connectivity index (χ1v) is 7.86. The molecule has 0 radical (unpaired) electrons. The molecule has 0 bridgehead atoms. The van der Waals surface area contributed by atoms with Gasteiger partial charge in [-0.15, -0.1) is 0 Å². The Morgan fingerprint density at radius 3 is 1.85 bits per heavy atom. The summed E-state index contributed by atoms with van der Waals surface area (Å²) in [5.41, 5.74) is 0. The fourth-order valence-electron chi connectivity index (χ4n) is 1.62. The van der Waals surface area contributed by atoms with Crippen LogP contribution in [0.4, 0.5) is 0 Å². The second-order valence-corrected chi connectivity index (χ2v) is 5.23. The second-order valence-electron chi connectivity index (χ2n) is 5.23. The van der Waals surface area contributed by atoms with Gasteiger partial charge in [-0.3, -0.25) is 0 Å². The number of ether oxygens (including phenoxy) is 3. The normalized spacial score (nSPS) is 11.4. The molecule has 0 unspecified atom stereocenters. The topological polar surface area (TPSA) is 51.8 Å². The molecule has 20 heavy (non-hydrogen) atoms. The summed E-state index contributed by atoms with van der Waals surface area (Å²) in [5, 5.41) is 6.40. The zero-order valence-electron chi connectivity index (χ0n) is 13.6. The summed E-state index contributed by atoms with van der Waals surface area (Å²) in [7, 11) is 1.91. The van der Waals surface area contributed by atoms with E-state index in [1.54, 1.807) is 0 Å². The monoisotopic (exact) mass is 290 g/mol. The molecular formula is C15H34N2O3. The van der Waals surface area contributed by atoms with Gasteiger partial charge in [-0.1, -0.05) is 13.8 Å². The van der Waals surface area contributed by atoms with Gasteiger partial charge in [0.1, 0.15) is 0 Å². The SMILES string of the molecule is CNCCOCCOCCOCCNCCCC(C)C. The van der Waals surface area contributed by atoms with Crippen LogP contribution in [-0.4, -0.2) is 66.3 Å². The van der Waals surface area contributed by atoms with Crippen LogP contribution in [0.1, 0.15) is 26.7 Å². The lowest BCUT2D eigenvalue weighted by atomic mass is 10.1. The van der Waals surface area contributed by atoms with Gasteiger partial charge in [-0.05, 0) is 32.4 Å². The lowest BCUT2D eigenvalue weighted by molar-refractivity contribution is 0.0159. The molecule has 122 valence electrons. The highest BCUT2D eigenvalue weighted by Gasteiger charge is 1.94. The van der Waals surface area contributed by atoms with E-state index in [4.69, 9.17) is 14.2 Å². The van der Waals surface area contributed by atoms with Crippen molar-refractivity contribution in [3.8, 4) is 0 Å². The van der Waals surface area contributed by atoms with Crippen molar-refractivity contribution in [3.63, 3.8) is 0 Å². The number of nitrogens with one attached hydrogen (secondary N) is 2. The third kappa shape index (κ3) is 17.8. The van der Waals surface area contributed by atoms with E-state index in [-0.39, 0.29) is 0 Å². The van der Waals surface area contributed by atoms with Gasteiger partial charge < -0.3 is 24.8 Å². The summed E-state index contributed by atoms with van der Waals surface area (Å²) in [6.45, 7) is 11.5. The fourth-order valence-corrected chi connectivity index (χ4v) is 1.62. The first-order chi connectivity index (χ1) is 9.77. The molecule has 0 aromatic rings. The average molecular weight is 290 g/mol. The fraction of sp³-hybridized carbons (Fsp3) is 1.00. The summed E-state index contributed by atoms with van der Waals surface area (Å²) >= 11 is 0. The molecule has 0 heterocycles. The van der Waals surface area contributed by atoms with Crippen molar-refractivity contribution in [1.82, 2.24) is 10.6 Å². The number of hydrogen-bond acceptors (Lipinski definition) is 5. The molecule has 5 nitrogen and oxygen atoms in total. The minimum absolute atomic E-state index is 0.639. The summed E-state index contributed by atoms with van der Waals surface area (Å²) < 4.78 is 16.2. The Morgan fingerprint density at radius 2 is 1.30 bits per heavy atom. The zero-order chi connectivity index (χ0) is 14.9. The van der Waals surface area contributed by atoms with Gasteiger partial charge in [0.05, 0.1) is 39.6 Å². The van der Waals surface area contributed by atoms with E-state index in [1.807, 2.05) is 7.05 Å². The van der Waals surface area contributed by atoms with E-state index in [2.05, 4.69) is 24.5 Å². The van der Waals surface area contributed by atoms with E-state index in [1.165, 1.54) is 12.8 Å². The Balaban J connectivity index is 2.92. The third-order valence-electron chi connectivity index (χ3n) is 2.80. The molecule has 0 aliphatic heterocycles. The van der Waals surface area contributed by atoms with Gasteiger partial charge in [0.15, 0.2) is 0 Å². The van der Waals surface area contributed by atoms with Crippen molar-refractivity contribution < 1.29 is 14.2 Å². The standard InChI is InChI=1S/C15H34N2O3/c1-15(2)5-4-6-17-8-10-19-12-14-20-13-11-18-9-7-16-3/h15-17H,4-14H2,1-3H3. The Bertz CT molecular complexity index is 181. The van der Waals surface area contributed by atoms with Crippen molar-refractivity contribution in [2.45, 2.75) is 26.7 Å². The molecular weight excluding hydrogens is 256 g/mol. The van der Waals surface area contributed by atoms with E-state index in [0.29, 0.717) is 26.4 Å². The lowest BCUT2D eigenvalue weighted by Crippen LogP contribution is -2.22. The molecule has 0 aliphatic rings. The molecule has 5 heteroatoms. The highest BCUT2D eigenvalue weighted by atomic mass is 16.5. The molecule has 0 aromatic carbocycles. The van der Waals surface area contributed by atoms with E-state index >= 15 is 0 Å². The number of hydrogen-bond donors (Lipinski definition) is 2. The smallest absolute Gasteiger partial charge is 0.0701 e. The molecule has 0 spiro atoms. The van der Waals surface area contributed by atoms with Crippen LogP contribution in [0, 0.1) is 5.92 Å². The maximum atomic E-state index is 5.47. The van der Waals surface area contributed by atoms with Crippen LogP contribution in [0.2, 0.25) is 0 Å². The minimum Gasteiger partial charge on any atom is -0.378 e. The van der Waals surface area contributed by atoms with Crippen LogP contribution in [0.15, 0.2) is 0 Å². The van der Waals surface area contributed by atoms with Gasteiger partial charge in [0.25, 0.3) is 0 Å². The molecule has 2 N–H and O–H groups in total. The summed E-state index contributed by atoms with van der Waals surface area (Å²) in [6.07, 6.45) is 2.53. The van der Waals surface area contributed by atoms with Crippen molar-refractivity contribution in [3.05, 3.63) is 0 Å². The molecule has 0 fully saturated rings. The summed E-state index contributed by atoms with van der Waals surface area (Å²) in [6, 6.07) is 0. The molecule has 0 atom stereocenters. The Labute approximate surface area is 124 Å². The second kappa shape index (κ2) is 16.9. The van der Waals surface area contributed by atoms with Crippen molar-refractivity contribution in [1.29, 1.82) is 0 Å². The van der Waals surface area contributed by atoms with Crippen LogP contribution in [0.5, 0.6) is 0 Å². The van der Waals surface area contributed by atoms with Crippen molar-refractivity contribution in [2.75, 3.05) is 66.3 Å². The first-order valence-electron chi connectivity index (χ1n) is 7.86. The first kappa shape index (κ1) is 19.8. The predicted molar refractivity (Wildman–Crippen MR) is 83.3 cm³/mol. The van der Waals surface area contributed by atoms with E-state index < -0.39 is 0 Å². The lowest BCUT2D eigenvalue weighted by Gasteiger charge is -2.08. The van der Waals surface area contributed by atoms with Crippen LogP contribution in [0.25, 0.3) is 0 Å². The van der Waals surface area contributed by atoms with Gasteiger partial charge in [0.2, 0.25) is 0 Å². The molecule has 0 amide bonds. The molecule has 0 aliphatic carbocycles. The maximum absolute atomic E-state index is 5.47. The van der Waals surface area contributed by atoms with Gasteiger partial charge in [-0.2, -0.15) is 0 Å². The Morgan fingerprint density at radius 1 is 0.750 bits per heavy atom. The van der Waals surface area contributed by atoms with Gasteiger partial charge in [0, 0.05) is 13.1 Å². The van der Waals surface area contributed by atoms with Crippen molar-refractivity contribution >= 4 is 0 Å². The molecule has 0 aromatic heterocycles. The van der Waals surface area contributed by atoms with Crippen LogP contribution in [-0.2, 0) is 14.2 Å². The van der Waals surface area contributed by atoms with Gasteiger partial charge >= 0.3 is 0 Å². The summed E-state index contributed by atoms with van der Waals surface area (Å²) in [5.74, 6) is 0.799. The quantitative estimate of drug-likeness (QED) is 0.419. The number of likely N-dealkylation sites (N-methyl/N-ethyl adjacent to an activating group) is 1. The van der Waals surface area contributed by atoms with Crippen LogP contribution >= 0.6 is 0 Å². The Hall–Kier alpha value is -0.200.